The first kappa shape index (κ1) is 19.9. The van der Waals surface area contributed by atoms with Gasteiger partial charge in [0, 0.05) is 12.6 Å². The van der Waals surface area contributed by atoms with Crippen LogP contribution < -0.4 is 26.7 Å². The van der Waals surface area contributed by atoms with Crippen LogP contribution in [-0.4, -0.2) is 29.4 Å². The molecule has 4 N–H and O–H groups in total. The van der Waals surface area contributed by atoms with E-state index in [2.05, 4.69) is 10.6 Å². The number of hydrogen-bond donors (Lipinski definition) is 3. The number of amides is 3. The summed E-state index contributed by atoms with van der Waals surface area (Å²) in [6.07, 6.45) is 0. The number of nitrogens with zero attached hydrogens (tertiary/aromatic N) is 1. The van der Waals surface area contributed by atoms with Crippen LogP contribution in [0.2, 0.25) is 0 Å². The lowest BCUT2D eigenvalue weighted by Gasteiger charge is -2.15. The second-order valence-corrected chi connectivity index (χ2v) is 6.82. The highest BCUT2D eigenvalue weighted by Gasteiger charge is 2.32. The lowest BCUT2D eigenvalue weighted by atomic mass is 10.1. The van der Waals surface area contributed by atoms with Gasteiger partial charge in [0.25, 0.3) is 23.3 Å². The summed E-state index contributed by atoms with van der Waals surface area (Å²) < 4.78 is 6.17. The van der Waals surface area contributed by atoms with Crippen LogP contribution in [0.15, 0.2) is 59.4 Å². The number of imide groups is 1. The van der Waals surface area contributed by atoms with E-state index in [-0.39, 0.29) is 34.7 Å². The van der Waals surface area contributed by atoms with Crippen molar-refractivity contribution in [3.8, 4) is 11.4 Å². The van der Waals surface area contributed by atoms with Gasteiger partial charge in [-0.3, -0.25) is 29.1 Å². The van der Waals surface area contributed by atoms with Gasteiger partial charge in [0.2, 0.25) is 0 Å². The van der Waals surface area contributed by atoms with Gasteiger partial charge < -0.3 is 15.8 Å². The maximum Gasteiger partial charge on any atom is 0.262 e. The van der Waals surface area contributed by atoms with Gasteiger partial charge in [-0.1, -0.05) is 24.3 Å². The first-order valence-electron chi connectivity index (χ1n) is 9.32. The number of hydrogen-bond acceptors (Lipinski definition) is 6. The summed E-state index contributed by atoms with van der Waals surface area (Å²) in [7, 11) is 1.57. The molecule has 3 aromatic rings. The fourth-order valence-corrected chi connectivity index (χ4v) is 3.41. The number of nitrogen functional groups attached to an aromatic ring is 1. The average molecular weight is 418 g/mol. The number of rotatable bonds is 5. The topological polar surface area (TPSA) is 133 Å². The molecule has 0 saturated carbocycles. The molecular formula is C22H18N4O5. The Labute approximate surface area is 176 Å². The number of nitrogens with one attached hydrogen (secondary N) is 2. The molecule has 1 aliphatic rings. The monoisotopic (exact) mass is 418 g/mol. The molecule has 31 heavy (non-hydrogen) atoms. The maximum absolute atomic E-state index is 12.9. The molecule has 2 heterocycles. The number of nitrogens with two attached hydrogens (primary N) is 1. The molecule has 0 unspecified atom stereocenters. The minimum Gasteiger partial charge on any atom is -0.497 e. The van der Waals surface area contributed by atoms with Crippen molar-refractivity contribution in [1.29, 1.82) is 0 Å². The Balaban J connectivity index is 1.69. The number of anilines is 1. The van der Waals surface area contributed by atoms with E-state index in [4.69, 9.17) is 10.5 Å². The van der Waals surface area contributed by atoms with Crippen molar-refractivity contribution in [2.45, 2.75) is 6.54 Å². The summed E-state index contributed by atoms with van der Waals surface area (Å²) in [5, 5.41) is 4.92. The molecule has 1 aromatic heterocycles. The Kier molecular flexibility index (Phi) is 5.00. The van der Waals surface area contributed by atoms with E-state index in [0.29, 0.717) is 5.75 Å². The van der Waals surface area contributed by atoms with Crippen molar-refractivity contribution < 1.29 is 19.1 Å². The van der Waals surface area contributed by atoms with E-state index in [1.54, 1.807) is 43.5 Å². The largest absolute Gasteiger partial charge is 0.497 e. The zero-order valence-electron chi connectivity index (χ0n) is 16.5. The Morgan fingerprint density at radius 2 is 1.77 bits per heavy atom. The van der Waals surface area contributed by atoms with Crippen LogP contribution in [-0.2, 0) is 6.54 Å². The third kappa shape index (κ3) is 3.52. The maximum atomic E-state index is 12.9. The number of methoxy groups -OCH3 is 1. The molecule has 0 spiro atoms. The lowest BCUT2D eigenvalue weighted by molar-refractivity contribution is 0.0878. The molecule has 156 valence electrons. The Morgan fingerprint density at radius 3 is 2.48 bits per heavy atom. The van der Waals surface area contributed by atoms with E-state index in [1.807, 2.05) is 12.1 Å². The highest BCUT2D eigenvalue weighted by Crippen LogP contribution is 2.24. The predicted octanol–water partition coefficient (Wildman–Crippen LogP) is 1.24. The third-order valence-corrected chi connectivity index (χ3v) is 4.96. The molecule has 9 heteroatoms. The van der Waals surface area contributed by atoms with Gasteiger partial charge in [0.1, 0.15) is 11.6 Å². The minimum absolute atomic E-state index is 0.0785. The highest BCUT2D eigenvalue weighted by molar-refractivity contribution is 6.23. The fraction of sp³-hybridized carbons (Fsp3) is 0.0909. The molecule has 2 aromatic carbocycles. The summed E-state index contributed by atoms with van der Waals surface area (Å²) in [5.74, 6) is -1.30. The van der Waals surface area contributed by atoms with Crippen LogP contribution in [0.5, 0.6) is 5.75 Å². The number of pyridine rings is 1. The van der Waals surface area contributed by atoms with E-state index >= 15 is 0 Å². The number of aromatic nitrogens is 1. The molecule has 0 fully saturated rings. The summed E-state index contributed by atoms with van der Waals surface area (Å²) in [4.78, 5) is 49.6. The van der Waals surface area contributed by atoms with Crippen molar-refractivity contribution in [3.63, 3.8) is 0 Å². The number of carbonyl (C=O) groups excluding carboxylic acids is 3. The van der Waals surface area contributed by atoms with Crippen molar-refractivity contribution in [3.05, 3.63) is 87.2 Å². The molecule has 0 bridgehead atoms. The average Bonchev–Trinajstić information content (AvgIpc) is 3.06. The quantitative estimate of drug-likeness (QED) is 0.534. The zero-order valence-corrected chi connectivity index (χ0v) is 16.5. The Hall–Kier alpha value is -4.40. The van der Waals surface area contributed by atoms with Gasteiger partial charge in [0.15, 0.2) is 0 Å². The molecule has 3 amide bonds. The van der Waals surface area contributed by atoms with E-state index < -0.39 is 23.3 Å². The number of ether oxygens (including phenoxy) is 1. The Morgan fingerprint density at radius 1 is 1.06 bits per heavy atom. The minimum atomic E-state index is -0.687. The van der Waals surface area contributed by atoms with Gasteiger partial charge in [-0.25, -0.2) is 0 Å². The van der Waals surface area contributed by atoms with Crippen molar-refractivity contribution in [1.82, 2.24) is 15.2 Å². The molecule has 4 rings (SSSR count). The lowest BCUT2D eigenvalue weighted by Crippen LogP contribution is -2.28. The van der Waals surface area contributed by atoms with Crippen molar-refractivity contribution in [2.24, 2.45) is 0 Å². The second-order valence-electron chi connectivity index (χ2n) is 6.82. The van der Waals surface area contributed by atoms with E-state index in [0.717, 1.165) is 16.2 Å². The van der Waals surface area contributed by atoms with Crippen LogP contribution in [0.4, 0.5) is 5.82 Å². The summed E-state index contributed by atoms with van der Waals surface area (Å²) >= 11 is 0. The first-order chi connectivity index (χ1) is 14.9. The van der Waals surface area contributed by atoms with Crippen LogP contribution in [0.25, 0.3) is 5.69 Å². The molecule has 9 nitrogen and oxygen atoms in total. The van der Waals surface area contributed by atoms with Crippen molar-refractivity contribution >= 4 is 23.5 Å². The van der Waals surface area contributed by atoms with Crippen LogP contribution in [0.1, 0.15) is 36.6 Å². The van der Waals surface area contributed by atoms with Crippen LogP contribution in [0, 0.1) is 0 Å². The van der Waals surface area contributed by atoms with Gasteiger partial charge in [0.05, 0.1) is 29.5 Å². The normalized spacial score (nSPS) is 12.3. The Bertz CT molecular complexity index is 1280. The summed E-state index contributed by atoms with van der Waals surface area (Å²) in [6.45, 7) is 0.253. The second kappa shape index (κ2) is 7.79. The molecular weight excluding hydrogens is 400 g/mol. The van der Waals surface area contributed by atoms with Crippen LogP contribution in [0.3, 0.4) is 0 Å². The predicted molar refractivity (Wildman–Crippen MR) is 112 cm³/mol. The van der Waals surface area contributed by atoms with E-state index in [1.165, 1.54) is 0 Å². The molecule has 1 aliphatic heterocycles. The van der Waals surface area contributed by atoms with Gasteiger partial charge in [-0.15, -0.1) is 0 Å². The molecule has 0 aliphatic carbocycles. The van der Waals surface area contributed by atoms with Gasteiger partial charge in [-0.05, 0) is 29.8 Å². The standard InChI is InChI=1S/C22H18N4O5/c1-31-13-8-6-12(7-9-13)11-24-20(28)14-4-2-3-5-16(14)26-17(27)10-15-18(19(26)23)22(30)25-21(15)29/h2-10H,11,23H2,1H3,(H,24,28)(H,25,29,30). The summed E-state index contributed by atoms with van der Waals surface area (Å²) in [5.41, 5.74) is 6.54. The molecule has 0 saturated heterocycles. The number of para-hydroxylation sites is 1. The highest BCUT2D eigenvalue weighted by atomic mass is 16.5. The fourth-order valence-electron chi connectivity index (χ4n) is 3.41. The number of benzene rings is 2. The SMILES string of the molecule is COc1ccc(CNC(=O)c2ccccc2-n2c(N)c3c(cc2=O)C(=O)NC3=O)cc1. The van der Waals surface area contributed by atoms with E-state index in [9.17, 15) is 19.2 Å². The van der Waals surface area contributed by atoms with Gasteiger partial charge >= 0.3 is 0 Å². The summed E-state index contributed by atoms with van der Waals surface area (Å²) in [6, 6.07) is 14.6. The molecule has 0 atom stereocenters. The number of carbonyl (C=O) groups is 3. The van der Waals surface area contributed by atoms with Gasteiger partial charge in [-0.2, -0.15) is 0 Å². The zero-order chi connectivity index (χ0) is 22.1. The first-order valence-corrected chi connectivity index (χ1v) is 9.32. The molecule has 0 radical (unpaired) electrons. The van der Waals surface area contributed by atoms with Crippen molar-refractivity contribution in [2.75, 3.05) is 12.8 Å². The van der Waals surface area contributed by atoms with Crippen LogP contribution >= 0.6 is 0 Å². The smallest absolute Gasteiger partial charge is 0.262 e. The third-order valence-electron chi connectivity index (χ3n) is 4.96. The number of fused-ring (bicyclic) bond motifs is 1.